The predicted molar refractivity (Wildman–Crippen MR) is 69.1 cm³/mol. The van der Waals surface area contributed by atoms with Crippen molar-refractivity contribution in [2.75, 3.05) is 20.2 Å². The zero-order chi connectivity index (χ0) is 12.1. The molecule has 1 saturated carbocycles. The summed E-state index contributed by atoms with van der Waals surface area (Å²) in [5.74, 6) is 0. The van der Waals surface area contributed by atoms with Crippen LogP contribution < -0.4 is 0 Å². The van der Waals surface area contributed by atoms with Crippen LogP contribution in [0.2, 0.25) is 0 Å². The van der Waals surface area contributed by atoms with Crippen LogP contribution in [-0.4, -0.2) is 48.5 Å². The van der Waals surface area contributed by atoms with Gasteiger partial charge in [0, 0.05) is 26.2 Å². The molecule has 2 rings (SSSR count). The van der Waals surface area contributed by atoms with Crippen LogP contribution in [0.25, 0.3) is 0 Å². The minimum atomic E-state index is -0.102. The van der Waals surface area contributed by atoms with E-state index in [0.29, 0.717) is 12.1 Å². The van der Waals surface area contributed by atoms with Crippen LogP contribution in [0.1, 0.15) is 51.4 Å². The molecule has 0 aromatic rings. The molecule has 100 valence electrons. The molecule has 1 aliphatic heterocycles. The Balaban J connectivity index is 1.86. The van der Waals surface area contributed by atoms with Crippen molar-refractivity contribution in [2.45, 2.75) is 69.6 Å². The number of likely N-dealkylation sites (tertiary alicyclic amines) is 1. The van der Waals surface area contributed by atoms with E-state index in [1.807, 2.05) is 7.11 Å². The molecule has 0 radical (unpaired) electrons. The molecule has 0 amide bonds. The fraction of sp³-hybridized carbons (Fsp3) is 1.00. The van der Waals surface area contributed by atoms with Gasteiger partial charge in [-0.05, 0) is 25.7 Å². The Morgan fingerprint density at radius 2 is 1.59 bits per heavy atom. The van der Waals surface area contributed by atoms with Gasteiger partial charge in [-0.2, -0.15) is 0 Å². The molecule has 1 heterocycles. The molecule has 2 aliphatic rings. The summed E-state index contributed by atoms with van der Waals surface area (Å²) in [6.07, 6.45) is 9.89. The van der Waals surface area contributed by atoms with Crippen LogP contribution in [0.3, 0.4) is 0 Å². The van der Waals surface area contributed by atoms with Gasteiger partial charge in [0.1, 0.15) is 0 Å². The standard InChI is InChI=1S/C14H27NO2/c1-17-12-8-10-15(11-9-12)13-6-4-2-3-5-7-14(13)16/h12-14,16H,2-11H2,1H3. The lowest BCUT2D eigenvalue weighted by molar-refractivity contribution is -0.0152. The van der Waals surface area contributed by atoms with E-state index in [1.165, 1.54) is 32.1 Å². The monoisotopic (exact) mass is 241 g/mol. The Morgan fingerprint density at radius 1 is 0.941 bits per heavy atom. The number of nitrogens with zero attached hydrogens (tertiary/aromatic N) is 1. The molecule has 1 N–H and O–H groups in total. The zero-order valence-electron chi connectivity index (χ0n) is 11.1. The number of hydrogen-bond donors (Lipinski definition) is 1. The van der Waals surface area contributed by atoms with Gasteiger partial charge >= 0.3 is 0 Å². The number of aliphatic hydroxyl groups is 1. The van der Waals surface area contributed by atoms with Gasteiger partial charge < -0.3 is 9.84 Å². The van der Waals surface area contributed by atoms with Crippen molar-refractivity contribution >= 4 is 0 Å². The van der Waals surface area contributed by atoms with Crippen LogP contribution >= 0.6 is 0 Å². The summed E-state index contributed by atoms with van der Waals surface area (Å²) < 4.78 is 5.41. The maximum Gasteiger partial charge on any atom is 0.0695 e. The molecule has 1 aliphatic carbocycles. The van der Waals surface area contributed by atoms with Crippen molar-refractivity contribution in [2.24, 2.45) is 0 Å². The molecule has 0 aromatic carbocycles. The third-order valence-corrected chi connectivity index (χ3v) is 4.47. The minimum absolute atomic E-state index is 0.102. The second-order valence-corrected chi connectivity index (χ2v) is 5.60. The number of hydrogen-bond acceptors (Lipinski definition) is 3. The summed E-state index contributed by atoms with van der Waals surface area (Å²) in [5, 5.41) is 10.3. The number of ether oxygens (including phenoxy) is 1. The first-order valence-corrected chi connectivity index (χ1v) is 7.26. The van der Waals surface area contributed by atoms with Gasteiger partial charge in [0.25, 0.3) is 0 Å². The maximum atomic E-state index is 10.3. The first-order valence-electron chi connectivity index (χ1n) is 7.26. The van der Waals surface area contributed by atoms with E-state index < -0.39 is 0 Å². The SMILES string of the molecule is COC1CCN(C2CCCCCCC2O)CC1. The van der Waals surface area contributed by atoms with Crippen LogP contribution in [0, 0.1) is 0 Å². The first-order chi connectivity index (χ1) is 8.31. The van der Waals surface area contributed by atoms with Crippen molar-refractivity contribution in [1.29, 1.82) is 0 Å². The van der Waals surface area contributed by atoms with Crippen LogP contribution in [0.15, 0.2) is 0 Å². The van der Waals surface area contributed by atoms with E-state index in [4.69, 9.17) is 4.74 Å². The average molecular weight is 241 g/mol. The van der Waals surface area contributed by atoms with Gasteiger partial charge in [-0.3, -0.25) is 4.90 Å². The minimum Gasteiger partial charge on any atom is -0.391 e. The van der Waals surface area contributed by atoms with Crippen molar-refractivity contribution < 1.29 is 9.84 Å². The second-order valence-electron chi connectivity index (χ2n) is 5.60. The van der Waals surface area contributed by atoms with E-state index in [2.05, 4.69) is 4.90 Å². The highest BCUT2D eigenvalue weighted by Crippen LogP contribution is 2.25. The summed E-state index contributed by atoms with van der Waals surface area (Å²) >= 11 is 0. The molecule has 3 heteroatoms. The van der Waals surface area contributed by atoms with Crippen molar-refractivity contribution in [1.82, 2.24) is 4.90 Å². The smallest absolute Gasteiger partial charge is 0.0695 e. The van der Waals surface area contributed by atoms with E-state index in [-0.39, 0.29) is 6.10 Å². The van der Waals surface area contributed by atoms with Crippen LogP contribution in [-0.2, 0) is 4.74 Å². The van der Waals surface area contributed by atoms with Crippen molar-refractivity contribution in [3.8, 4) is 0 Å². The molecule has 2 unspecified atom stereocenters. The Morgan fingerprint density at radius 3 is 2.24 bits per heavy atom. The number of methoxy groups -OCH3 is 1. The average Bonchev–Trinajstić information content (AvgIpc) is 2.35. The lowest BCUT2D eigenvalue weighted by atomic mass is 9.91. The fourth-order valence-electron chi connectivity index (χ4n) is 3.31. The normalized spacial score (nSPS) is 34.2. The summed E-state index contributed by atoms with van der Waals surface area (Å²) in [6.45, 7) is 2.19. The molecular weight excluding hydrogens is 214 g/mol. The van der Waals surface area contributed by atoms with Crippen molar-refractivity contribution in [3.05, 3.63) is 0 Å². The fourth-order valence-corrected chi connectivity index (χ4v) is 3.31. The van der Waals surface area contributed by atoms with E-state index in [9.17, 15) is 5.11 Å². The molecule has 3 nitrogen and oxygen atoms in total. The lowest BCUT2D eigenvalue weighted by Crippen LogP contribution is -2.48. The summed E-state index contributed by atoms with van der Waals surface area (Å²) in [7, 11) is 1.81. The largest absolute Gasteiger partial charge is 0.391 e. The molecule has 0 spiro atoms. The summed E-state index contributed by atoms with van der Waals surface area (Å²) in [5.41, 5.74) is 0. The highest BCUT2D eigenvalue weighted by molar-refractivity contribution is 4.84. The number of aliphatic hydroxyl groups excluding tert-OH is 1. The molecule has 2 atom stereocenters. The Kier molecular flexibility index (Phi) is 5.26. The lowest BCUT2D eigenvalue weighted by Gasteiger charge is -2.40. The zero-order valence-corrected chi connectivity index (χ0v) is 11.1. The van der Waals surface area contributed by atoms with Gasteiger partial charge in [-0.15, -0.1) is 0 Å². The molecule has 1 saturated heterocycles. The van der Waals surface area contributed by atoms with E-state index in [0.717, 1.165) is 32.4 Å². The van der Waals surface area contributed by atoms with Crippen LogP contribution in [0.5, 0.6) is 0 Å². The predicted octanol–water partition coefficient (Wildman–Crippen LogP) is 2.18. The third kappa shape index (κ3) is 3.67. The molecule has 2 fully saturated rings. The van der Waals surface area contributed by atoms with Crippen molar-refractivity contribution in [3.63, 3.8) is 0 Å². The summed E-state index contributed by atoms with van der Waals surface area (Å²) in [6, 6.07) is 0.410. The van der Waals surface area contributed by atoms with Gasteiger partial charge in [0.15, 0.2) is 0 Å². The van der Waals surface area contributed by atoms with Gasteiger partial charge in [0.2, 0.25) is 0 Å². The Bertz CT molecular complexity index is 214. The Labute approximate surface area is 105 Å². The quantitative estimate of drug-likeness (QED) is 0.804. The van der Waals surface area contributed by atoms with E-state index in [1.54, 1.807) is 0 Å². The van der Waals surface area contributed by atoms with Gasteiger partial charge in [0.05, 0.1) is 12.2 Å². The topological polar surface area (TPSA) is 32.7 Å². The molecule has 17 heavy (non-hydrogen) atoms. The van der Waals surface area contributed by atoms with Gasteiger partial charge in [-0.25, -0.2) is 0 Å². The maximum absolute atomic E-state index is 10.3. The van der Waals surface area contributed by atoms with Gasteiger partial charge in [-0.1, -0.05) is 25.7 Å². The van der Waals surface area contributed by atoms with E-state index >= 15 is 0 Å². The first kappa shape index (κ1) is 13.3. The molecule has 0 aromatic heterocycles. The highest BCUT2D eigenvalue weighted by atomic mass is 16.5. The molecular formula is C14H27NO2. The number of rotatable bonds is 2. The van der Waals surface area contributed by atoms with Crippen LogP contribution in [0.4, 0.5) is 0 Å². The summed E-state index contributed by atoms with van der Waals surface area (Å²) in [4.78, 5) is 2.51. The highest BCUT2D eigenvalue weighted by Gasteiger charge is 2.29. The third-order valence-electron chi connectivity index (χ3n) is 4.47. The number of piperidine rings is 1. The second kappa shape index (κ2) is 6.72. The Hall–Kier alpha value is -0.120. The molecule has 0 bridgehead atoms.